The zero-order chi connectivity index (χ0) is 30.1. The van der Waals surface area contributed by atoms with Gasteiger partial charge in [-0.25, -0.2) is 17.6 Å². The maximum absolute atomic E-state index is 13.9. The van der Waals surface area contributed by atoms with Gasteiger partial charge in [0.05, 0.1) is 5.70 Å². The van der Waals surface area contributed by atoms with Crippen molar-refractivity contribution >= 4 is 11.8 Å². The van der Waals surface area contributed by atoms with Gasteiger partial charge in [0.2, 0.25) is 5.91 Å². The Balaban J connectivity index is 1.44. The minimum absolute atomic E-state index is 0.0542. The molecule has 3 atom stereocenters. The van der Waals surface area contributed by atoms with Gasteiger partial charge in [-0.3, -0.25) is 14.6 Å². The van der Waals surface area contributed by atoms with Crippen LogP contribution in [0.3, 0.4) is 0 Å². The van der Waals surface area contributed by atoms with E-state index in [1.807, 2.05) is 37.0 Å². The lowest BCUT2D eigenvalue weighted by Gasteiger charge is -2.51. The zero-order valence-electron chi connectivity index (χ0n) is 23.8. The summed E-state index contributed by atoms with van der Waals surface area (Å²) in [5.74, 6) is -4.51. The van der Waals surface area contributed by atoms with Crippen LogP contribution in [0.4, 0.5) is 17.6 Å². The normalized spacial score (nSPS) is 28.5. The van der Waals surface area contributed by atoms with E-state index in [1.165, 1.54) is 4.90 Å². The van der Waals surface area contributed by atoms with Gasteiger partial charge in [0, 0.05) is 75.7 Å². The van der Waals surface area contributed by atoms with Crippen LogP contribution in [-0.2, 0) is 20.1 Å². The van der Waals surface area contributed by atoms with Crippen molar-refractivity contribution < 1.29 is 31.9 Å². The standard InChI is InChI=1S/C29H38F4N6O3/c1-3-21-16-38(26(41)27(25(30)31)17-28(32,33)18-27)12-13-39(21)22-7-9-29(42-4-2,19-6-5-10-34-14-19)37-23(22)24(40)36-20-8-11-35-15-20/h5-7,9-10,14,20-21,25,35,37H,3-4,8,11-13,15-18H2,1-2H3,(H,36,40)/t20-,21-,29?/m1/s1. The third-order valence-electron chi connectivity index (χ3n) is 8.67. The Kier molecular flexibility index (Phi) is 8.53. The lowest BCUT2D eigenvalue weighted by atomic mass is 9.65. The average molecular weight is 595 g/mol. The van der Waals surface area contributed by atoms with Crippen LogP contribution >= 0.6 is 0 Å². The summed E-state index contributed by atoms with van der Waals surface area (Å²) in [6.07, 6.45) is 2.81. The van der Waals surface area contributed by atoms with Gasteiger partial charge in [0.25, 0.3) is 18.3 Å². The molecule has 2 amide bonds. The van der Waals surface area contributed by atoms with Crippen molar-refractivity contribution in [3.05, 3.63) is 53.6 Å². The van der Waals surface area contributed by atoms with Crippen molar-refractivity contribution in [1.82, 2.24) is 30.7 Å². The Morgan fingerprint density at radius 1 is 1.24 bits per heavy atom. The number of halogens is 4. The van der Waals surface area contributed by atoms with E-state index in [-0.39, 0.29) is 43.3 Å². The fraction of sp³-hybridized carbons (Fsp3) is 0.621. The van der Waals surface area contributed by atoms with E-state index >= 15 is 0 Å². The first kappa shape index (κ1) is 30.3. The Labute approximate surface area is 242 Å². The number of ether oxygens (including phenoxy) is 1. The van der Waals surface area contributed by atoms with E-state index < -0.39 is 42.2 Å². The zero-order valence-corrected chi connectivity index (χ0v) is 23.8. The second kappa shape index (κ2) is 11.8. The largest absolute Gasteiger partial charge is 0.363 e. The lowest BCUT2D eigenvalue weighted by molar-refractivity contribution is -0.220. The molecule has 3 aliphatic heterocycles. The van der Waals surface area contributed by atoms with E-state index in [0.29, 0.717) is 30.8 Å². The molecule has 0 aromatic carbocycles. The number of alkyl halides is 4. The molecule has 1 unspecified atom stereocenters. The first-order valence-corrected chi connectivity index (χ1v) is 14.5. The number of carbonyl (C=O) groups is 2. The van der Waals surface area contributed by atoms with Crippen LogP contribution in [0.5, 0.6) is 0 Å². The van der Waals surface area contributed by atoms with Crippen LogP contribution < -0.4 is 16.0 Å². The Morgan fingerprint density at radius 3 is 2.62 bits per heavy atom. The molecule has 9 nitrogen and oxygen atoms in total. The summed E-state index contributed by atoms with van der Waals surface area (Å²) in [4.78, 5) is 34.5. The number of dihydropyridines is 1. The summed E-state index contributed by atoms with van der Waals surface area (Å²) in [6.45, 7) is 5.90. The molecule has 1 saturated carbocycles. The third kappa shape index (κ3) is 5.60. The molecule has 3 fully saturated rings. The number of piperazine rings is 1. The minimum Gasteiger partial charge on any atom is -0.363 e. The second-order valence-corrected chi connectivity index (χ2v) is 11.5. The van der Waals surface area contributed by atoms with Crippen molar-refractivity contribution in [2.45, 2.75) is 69.7 Å². The van der Waals surface area contributed by atoms with E-state index in [2.05, 4.69) is 20.9 Å². The third-order valence-corrected chi connectivity index (χ3v) is 8.67. The molecule has 1 aromatic heterocycles. The van der Waals surface area contributed by atoms with Crippen LogP contribution in [0.15, 0.2) is 48.1 Å². The van der Waals surface area contributed by atoms with Gasteiger partial charge in [0.15, 0.2) is 5.72 Å². The maximum Gasteiger partial charge on any atom is 0.269 e. The van der Waals surface area contributed by atoms with Crippen LogP contribution in [0.1, 0.15) is 45.1 Å². The summed E-state index contributed by atoms with van der Waals surface area (Å²) in [7, 11) is 0. The first-order chi connectivity index (χ1) is 20.0. The summed E-state index contributed by atoms with van der Waals surface area (Å²) in [5.41, 5.74) is -1.95. The molecule has 0 bridgehead atoms. The van der Waals surface area contributed by atoms with Crippen molar-refractivity contribution in [2.24, 2.45) is 5.41 Å². The summed E-state index contributed by atoms with van der Waals surface area (Å²) in [6, 6.07) is 3.24. The number of amides is 2. The Hall–Kier alpha value is -3.19. The number of hydrogen-bond acceptors (Lipinski definition) is 7. The quantitative estimate of drug-likeness (QED) is 0.379. The molecule has 1 aromatic rings. The molecular formula is C29H38F4N6O3. The van der Waals surface area contributed by atoms with Gasteiger partial charge >= 0.3 is 0 Å². The second-order valence-electron chi connectivity index (χ2n) is 11.5. The van der Waals surface area contributed by atoms with Gasteiger partial charge in [0.1, 0.15) is 11.1 Å². The van der Waals surface area contributed by atoms with E-state index in [9.17, 15) is 27.2 Å². The molecule has 2 saturated heterocycles. The van der Waals surface area contributed by atoms with Gasteiger partial charge in [-0.1, -0.05) is 13.0 Å². The average Bonchev–Trinajstić information content (AvgIpc) is 3.48. The predicted molar refractivity (Wildman–Crippen MR) is 146 cm³/mol. The fourth-order valence-electron chi connectivity index (χ4n) is 6.46. The highest BCUT2D eigenvalue weighted by molar-refractivity contribution is 5.95. The van der Waals surface area contributed by atoms with Crippen LogP contribution in [0.2, 0.25) is 0 Å². The van der Waals surface area contributed by atoms with Gasteiger partial charge in [-0.05, 0) is 44.5 Å². The number of nitrogens with one attached hydrogen (secondary N) is 3. The number of nitrogens with zero attached hydrogens (tertiary/aromatic N) is 3. The fourth-order valence-corrected chi connectivity index (χ4v) is 6.46. The molecular weight excluding hydrogens is 556 g/mol. The van der Waals surface area contributed by atoms with Crippen LogP contribution in [-0.4, -0.2) is 90.4 Å². The molecule has 13 heteroatoms. The number of aromatic nitrogens is 1. The molecule has 42 heavy (non-hydrogen) atoms. The molecule has 5 rings (SSSR count). The molecule has 3 N–H and O–H groups in total. The Bertz CT molecular complexity index is 1210. The summed E-state index contributed by atoms with van der Waals surface area (Å²) < 4.78 is 61.4. The topological polar surface area (TPSA) is 98.8 Å². The first-order valence-electron chi connectivity index (χ1n) is 14.5. The number of carbonyl (C=O) groups excluding carboxylic acids is 2. The molecule has 0 radical (unpaired) electrons. The minimum atomic E-state index is -3.26. The smallest absolute Gasteiger partial charge is 0.269 e. The van der Waals surface area contributed by atoms with Gasteiger partial charge in [-0.15, -0.1) is 0 Å². The summed E-state index contributed by atoms with van der Waals surface area (Å²) in [5, 5.41) is 9.67. The van der Waals surface area contributed by atoms with Crippen molar-refractivity contribution in [3.63, 3.8) is 0 Å². The molecule has 1 aliphatic carbocycles. The molecule has 4 aliphatic rings. The van der Waals surface area contributed by atoms with Crippen LogP contribution in [0, 0.1) is 5.41 Å². The number of rotatable bonds is 9. The van der Waals surface area contributed by atoms with Crippen molar-refractivity contribution in [2.75, 3.05) is 39.3 Å². The summed E-state index contributed by atoms with van der Waals surface area (Å²) >= 11 is 0. The SMILES string of the molecule is CCOC1(c2cccnc2)C=CC(N2CCN(C(=O)C3(C(F)F)CC(F)(F)C3)C[C@H]2CC)=C(C(=O)N[C@@H]2CCNC2)N1. The monoisotopic (exact) mass is 594 g/mol. The molecule has 4 heterocycles. The number of allylic oxidation sites excluding steroid dienone is 1. The van der Waals surface area contributed by atoms with Gasteiger partial charge in [-0.2, -0.15) is 0 Å². The lowest BCUT2D eigenvalue weighted by Crippen LogP contribution is -2.64. The maximum atomic E-state index is 13.9. The van der Waals surface area contributed by atoms with Crippen molar-refractivity contribution in [1.29, 1.82) is 0 Å². The molecule has 0 spiro atoms. The van der Waals surface area contributed by atoms with E-state index in [1.54, 1.807) is 18.5 Å². The van der Waals surface area contributed by atoms with Gasteiger partial charge < -0.3 is 30.5 Å². The van der Waals surface area contributed by atoms with E-state index in [0.717, 1.165) is 13.0 Å². The predicted octanol–water partition coefficient (Wildman–Crippen LogP) is 2.72. The van der Waals surface area contributed by atoms with Crippen molar-refractivity contribution in [3.8, 4) is 0 Å². The highest BCUT2D eigenvalue weighted by Gasteiger charge is 2.67. The highest BCUT2D eigenvalue weighted by Crippen LogP contribution is 2.56. The Morgan fingerprint density at radius 2 is 2.02 bits per heavy atom. The number of pyridine rings is 1. The number of hydrogen-bond donors (Lipinski definition) is 3. The highest BCUT2D eigenvalue weighted by atomic mass is 19.3. The van der Waals surface area contributed by atoms with E-state index in [4.69, 9.17) is 4.74 Å². The molecule has 230 valence electrons. The van der Waals surface area contributed by atoms with Crippen LogP contribution in [0.25, 0.3) is 0 Å².